The van der Waals surface area contributed by atoms with Crippen LogP contribution in [-0.4, -0.2) is 57.6 Å². The number of nitrogens with zero attached hydrogens (tertiary/aromatic N) is 5. The normalized spacial score (nSPS) is 15.3. The van der Waals surface area contributed by atoms with E-state index in [1.165, 1.54) is 0 Å². The van der Waals surface area contributed by atoms with E-state index in [1.807, 2.05) is 26.4 Å². The second kappa shape index (κ2) is 7.04. The molecule has 2 aromatic heterocycles. The molecule has 6 heteroatoms. The molecule has 0 bridgehead atoms. The molecule has 0 radical (unpaired) electrons. The fraction of sp³-hybridized carbons (Fsp3) is 0.333. The third-order valence-electron chi connectivity index (χ3n) is 5.40. The minimum atomic E-state index is 0.824. The summed E-state index contributed by atoms with van der Waals surface area (Å²) >= 11 is 0. The number of benzene rings is 1. The molecule has 6 nitrogen and oxygen atoms in total. The maximum atomic E-state index is 4.55. The predicted octanol–water partition coefficient (Wildman–Crippen LogP) is 3.07. The summed E-state index contributed by atoms with van der Waals surface area (Å²) < 4.78 is 2.11. The summed E-state index contributed by atoms with van der Waals surface area (Å²) in [6.07, 6.45) is 3.83. The van der Waals surface area contributed by atoms with E-state index in [1.54, 1.807) is 0 Å². The van der Waals surface area contributed by atoms with Crippen LogP contribution in [0.2, 0.25) is 0 Å². The fourth-order valence-corrected chi connectivity index (χ4v) is 3.44. The van der Waals surface area contributed by atoms with Crippen molar-refractivity contribution in [3.8, 4) is 11.3 Å². The summed E-state index contributed by atoms with van der Waals surface area (Å²) in [6, 6.07) is 8.51. The Labute approximate surface area is 160 Å². The number of pyridine rings is 1. The van der Waals surface area contributed by atoms with Crippen LogP contribution in [-0.2, 0) is 7.05 Å². The smallest absolute Gasteiger partial charge is 0.131 e. The van der Waals surface area contributed by atoms with Gasteiger partial charge in [-0.2, -0.15) is 0 Å². The van der Waals surface area contributed by atoms with Crippen molar-refractivity contribution in [2.75, 3.05) is 38.5 Å². The number of hydrogen-bond donors (Lipinski definition) is 1. The molecule has 4 rings (SSSR count). The molecule has 1 aromatic carbocycles. The van der Waals surface area contributed by atoms with E-state index in [0.717, 1.165) is 65.7 Å². The Morgan fingerprint density at radius 2 is 1.78 bits per heavy atom. The zero-order valence-electron chi connectivity index (χ0n) is 16.2. The number of rotatable bonds is 4. The second-order valence-electron chi connectivity index (χ2n) is 7.24. The van der Waals surface area contributed by atoms with E-state index in [0.29, 0.717) is 0 Å². The molecule has 0 saturated carbocycles. The van der Waals surface area contributed by atoms with Gasteiger partial charge in [-0.3, -0.25) is 0 Å². The highest BCUT2D eigenvalue weighted by molar-refractivity contribution is 5.88. The molecule has 3 aromatic rings. The first-order valence-electron chi connectivity index (χ1n) is 9.29. The third kappa shape index (κ3) is 3.53. The summed E-state index contributed by atoms with van der Waals surface area (Å²) in [5.41, 5.74) is 2.27. The highest BCUT2D eigenvalue weighted by Crippen LogP contribution is 2.26. The van der Waals surface area contributed by atoms with Crippen molar-refractivity contribution in [1.29, 1.82) is 0 Å². The highest BCUT2D eigenvalue weighted by Gasteiger charge is 2.15. The zero-order valence-corrected chi connectivity index (χ0v) is 16.2. The number of anilines is 1. The lowest BCUT2D eigenvalue weighted by molar-refractivity contribution is 0.188. The summed E-state index contributed by atoms with van der Waals surface area (Å²) in [7, 11) is 4.20. The van der Waals surface area contributed by atoms with Gasteiger partial charge in [-0.05, 0) is 31.5 Å². The first-order valence-corrected chi connectivity index (χ1v) is 9.29. The Balaban J connectivity index is 1.57. The number of fused-ring (bicyclic) bond motifs is 1. The van der Waals surface area contributed by atoms with Gasteiger partial charge >= 0.3 is 0 Å². The highest BCUT2D eigenvalue weighted by atomic mass is 15.3. The molecule has 140 valence electrons. The number of hydrogen-bond acceptors (Lipinski definition) is 5. The Morgan fingerprint density at radius 1 is 1.00 bits per heavy atom. The average Bonchev–Trinajstić information content (AvgIpc) is 3.00. The molecule has 1 aliphatic heterocycles. The third-order valence-corrected chi connectivity index (χ3v) is 5.40. The van der Waals surface area contributed by atoms with Crippen LogP contribution >= 0.6 is 0 Å². The van der Waals surface area contributed by atoms with Crippen LogP contribution in [0.4, 0.5) is 5.82 Å². The SMILES string of the molecule is C=C(Nc1cc2cc(-c3cnc(C)n3C)ccc2cn1)N1CCN(C)CC1. The molecule has 1 saturated heterocycles. The van der Waals surface area contributed by atoms with Crippen molar-refractivity contribution in [3.63, 3.8) is 0 Å². The number of aryl methyl sites for hydroxylation is 1. The molecule has 1 aliphatic rings. The Bertz CT molecular complexity index is 982. The molecular formula is C21H26N6. The van der Waals surface area contributed by atoms with Crippen molar-refractivity contribution in [2.24, 2.45) is 7.05 Å². The monoisotopic (exact) mass is 362 g/mol. The van der Waals surface area contributed by atoms with Gasteiger partial charge in [0.1, 0.15) is 11.6 Å². The molecule has 3 heterocycles. The maximum Gasteiger partial charge on any atom is 0.131 e. The lowest BCUT2D eigenvalue weighted by Crippen LogP contribution is -2.44. The standard InChI is InChI=1S/C21H26N6/c1-15-22-14-20(26(15)4)17-5-6-18-13-23-21(12-19(18)11-17)24-16(2)27-9-7-25(3)8-10-27/h5-6,11-14H,2,7-10H2,1,3-4H3,(H,23,24). The second-order valence-corrected chi connectivity index (χ2v) is 7.24. The van der Waals surface area contributed by atoms with Gasteiger partial charge in [0.2, 0.25) is 0 Å². The summed E-state index contributed by atoms with van der Waals surface area (Å²) in [6.45, 7) is 10.3. The number of imidazole rings is 1. The number of likely N-dealkylation sites (N-methyl/N-ethyl adjacent to an activating group) is 1. The van der Waals surface area contributed by atoms with Gasteiger partial charge < -0.3 is 19.7 Å². The Kier molecular flexibility index (Phi) is 4.58. The van der Waals surface area contributed by atoms with Gasteiger partial charge in [0.25, 0.3) is 0 Å². The van der Waals surface area contributed by atoms with Gasteiger partial charge in [-0.25, -0.2) is 9.97 Å². The molecule has 1 fully saturated rings. The van der Waals surface area contributed by atoms with Crippen molar-refractivity contribution in [3.05, 3.63) is 54.9 Å². The minimum absolute atomic E-state index is 0.824. The summed E-state index contributed by atoms with van der Waals surface area (Å²) in [5, 5.41) is 5.64. The van der Waals surface area contributed by atoms with Crippen LogP contribution < -0.4 is 5.32 Å². The van der Waals surface area contributed by atoms with Gasteiger partial charge in [0.05, 0.1) is 17.7 Å². The van der Waals surface area contributed by atoms with Crippen LogP contribution in [0.15, 0.2) is 49.1 Å². The summed E-state index contributed by atoms with van der Waals surface area (Å²) in [5.74, 6) is 2.74. The molecule has 0 spiro atoms. The first-order chi connectivity index (χ1) is 13.0. The molecular weight excluding hydrogens is 336 g/mol. The topological polar surface area (TPSA) is 49.2 Å². The van der Waals surface area contributed by atoms with E-state index in [-0.39, 0.29) is 0 Å². The molecule has 0 atom stereocenters. The van der Waals surface area contributed by atoms with Crippen LogP contribution in [0.5, 0.6) is 0 Å². The van der Waals surface area contributed by atoms with Crippen LogP contribution in [0, 0.1) is 6.92 Å². The van der Waals surface area contributed by atoms with Crippen LogP contribution in [0.1, 0.15) is 5.82 Å². The largest absolute Gasteiger partial charge is 0.356 e. The number of piperazine rings is 1. The minimum Gasteiger partial charge on any atom is -0.356 e. The Morgan fingerprint density at radius 3 is 2.48 bits per heavy atom. The molecule has 0 amide bonds. The van der Waals surface area contributed by atoms with Gasteiger partial charge in [-0.1, -0.05) is 18.7 Å². The van der Waals surface area contributed by atoms with Crippen molar-refractivity contribution < 1.29 is 0 Å². The van der Waals surface area contributed by atoms with E-state index < -0.39 is 0 Å². The predicted molar refractivity (Wildman–Crippen MR) is 111 cm³/mol. The van der Waals surface area contributed by atoms with Crippen LogP contribution in [0.25, 0.3) is 22.0 Å². The van der Waals surface area contributed by atoms with Gasteiger partial charge in [0, 0.05) is 50.4 Å². The lowest BCUT2D eigenvalue weighted by Gasteiger charge is -2.35. The quantitative estimate of drug-likeness (QED) is 0.773. The molecule has 0 aliphatic carbocycles. The van der Waals surface area contributed by atoms with Gasteiger partial charge in [-0.15, -0.1) is 0 Å². The zero-order chi connectivity index (χ0) is 19.0. The van der Waals surface area contributed by atoms with E-state index in [9.17, 15) is 0 Å². The lowest BCUT2D eigenvalue weighted by atomic mass is 10.1. The van der Waals surface area contributed by atoms with E-state index in [2.05, 4.69) is 67.5 Å². The van der Waals surface area contributed by atoms with Crippen molar-refractivity contribution in [1.82, 2.24) is 24.3 Å². The van der Waals surface area contributed by atoms with Crippen molar-refractivity contribution in [2.45, 2.75) is 6.92 Å². The maximum absolute atomic E-state index is 4.55. The summed E-state index contributed by atoms with van der Waals surface area (Å²) in [4.78, 5) is 13.6. The van der Waals surface area contributed by atoms with E-state index >= 15 is 0 Å². The number of aromatic nitrogens is 3. The number of nitrogens with one attached hydrogen (secondary N) is 1. The van der Waals surface area contributed by atoms with E-state index in [4.69, 9.17) is 0 Å². The molecule has 0 unspecified atom stereocenters. The van der Waals surface area contributed by atoms with Gasteiger partial charge in [0.15, 0.2) is 0 Å². The fourth-order valence-electron chi connectivity index (χ4n) is 3.44. The van der Waals surface area contributed by atoms with Crippen LogP contribution in [0.3, 0.4) is 0 Å². The van der Waals surface area contributed by atoms with Crippen molar-refractivity contribution >= 4 is 16.6 Å². The average molecular weight is 362 g/mol. The first kappa shape index (κ1) is 17.5. The Hall–Kier alpha value is -2.86. The molecule has 27 heavy (non-hydrogen) atoms. The molecule has 1 N–H and O–H groups in total.